The molecule has 1 aromatic rings. The first-order chi connectivity index (χ1) is 11.2. The molecule has 2 N–H and O–H groups in total. The van der Waals surface area contributed by atoms with E-state index in [1.54, 1.807) is 11.1 Å². The number of carbonyl (C=O) groups excluding carboxylic acids is 1. The maximum atomic E-state index is 12.4. The molecular formula is C18H24N4O. The van der Waals surface area contributed by atoms with Crippen molar-refractivity contribution in [3.05, 3.63) is 47.7 Å². The van der Waals surface area contributed by atoms with Gasteiger partial charge in [0, 0.05) is 11.8 Å². The molecule has 23 heavy (non-hydrogen) atoms. The van der Waals surface area contributed by atoms with Crippen LogP contribution in [0.2, 0.25) is 0 Å². The van der Waals surface area contributed by atoms with E-state index < -0.39 is 0 Å². The normalized spacial score (nSPS) is 31.5. The minimum Gasteiger partial charge on any atom is -0.366 e. The third kappa shape index (κ3) is 2.64. The summed E-state index contributed by atoms with van der Waals surface area (Å²) in [6.07, 6.45) is 5.47. The van der Waals surface area contributed by atoms with E-state index in [0.717, 1.165) is 18.8 Å². The maximum Gasteiger partial charge on any atom is 0.264 e. The Morgan fingerprint density at radius 2 is 1.83 bits per heavy atom. The highest BCUT2D eigenvalue weighted by molar-refractivity contribution is 5.89. The Kier molecular flexibility index (Phi) is 3.83. The Labute approximate surface area is 137 Å². The first-order valence-electron chi connectivity index (χ1n) is 8.57. The maximum absolute atomic E-state index is 12.4. The lowest BCUT2D eigenvalue weighted by atomic mass is 9.95. The lowest BCUT2D eigenvalue weighted by Gasteiger charge is -2.39. The van der Waals surface area contributed by atoms with Crippen LogP contribution in [0, 0.1) is 0 Å². The van der Waals surface area contributed by atoms with Crippen LogP contribution in [0.1, 0.15) is 37.8 Å². The van der Waals surface area contributed by atoms with Crippen molar-refractivity contribution in [2.24, 2.45) is 0 Å². The number of likely N-dealkylation sites (tertiary alicyclic amines) is 1. The molecule has 0 radical (unpaired) electrons. The molecule has 4 rings (SSSR count). The van der Waals surface area contributed by atoms with Crippen molar-refractivity contribution in [1.82, 2.24) is 20.7 Å². The molecule has 0 bridgehead atoms. The third-order valence-corrected chi connectivity index (χ3v) is 5.15. The quantitative estimate of drug-likeness (QED) is 0.874. The number of hydrazine groups is 1. The fourth-order valence-electron chi connectivity index (χ4n) is 4.08. The van der Waals surface area contributed by atoms with Gasteiger partial charge in [-0.25, -0.2) is 10.4 Å². The number of nitrogens with one attached hydrogen (secondary N) is 2. The summed E-state index contributed by atoms with van der Waals surface area (Å²) in [5, 5.41) is 5.30. The molecule has 2 fully saturated rings. The average Bonchev–Trinajstić information content (AvgIpc) is 2.96. The third-order valence-electron chi connectivity index (χ3n) is 5.15. The van der Waals surface area contributed by atoms with Gasteiger partial charge in [0.25, 0.3) is 5.91 Å². The standard InChI is InChI=1S/C18H24N4O/c1-13-12-15(23)22-18(19-13)17(21-10-6-3-7-11-21)16(20-22)14-8-4-2-5-9-14/h2,4-5,8-9,12,16-20H,3,6-7,10-11H2,1H3. The highest BCUT2D eigenvalue weighted by Gasteiger charge is 2.48. The van der Waals surface area contributed by atoms with Crippen LogP contribution < -0.4 is 10.7 Å². The van der Waals surface area contributed by atoms with Gasteiger partial charge in [-0.15, -0.1) is 0 Å². The Balaban J connectivity index is 1.69. The van der Waals surface area contributed by atoms with E-state index in [2.05, 4.69) is 39.9 Å². The summed E-state index contributed by atoms with van der Waals surface area (Å²) in [4.78, 5) is 15.0. The summed E-state index contributed by atoms with van der Waals surface area (Å²) in [6.45, 7) is 4.19. The van der Waals surface area contributed by atoms with Crippen LogP contribution in [0.4, 0.5) is 0 Å². The van der Waals surface area contributed by atoms with E-state index in [4.69, 9.17) is 0 Å². The summed E-state index contributed by atoms with van der Waals surface area (Å²) in [6, 6.07) is 10.9. The molecule has 5 heteroatoms. The van der Waals surface area contributed by atoms with Crippen molar-refractivity contribution in [1.29, 1.82) is 0 Å². The number of hydrogen-bond donors (Lipinski definition) is 2. The van der Waals surface area contributed by atoms with Crippen molar-refractivity contribution >= 4 is 5.91 Å². The number of benzene rings is 1. The Morgan fingerprint density at radius 1 is 1.09 bits per heavy atom. The molecule has 3 aliphatic rings. The molecule has 122 valence electrons. The van der Waals surface area contributed by atoms with Crippen LogP contribution >= 0.6 is 0 Å². The van der Waals surface area contributed by atoms with Gasteiger partial charge in [0.05, 0.1) is 12.1 Å². The van der Waals surface area contributed by atoms with Crippen molar-refractivity contribution in [3.8, 4) is 0 Å². The molecule has 0 spiro atoms. The van der Waals surface area contributed by atoms with Crippen molar-refractivity contribution in [2.45, 2.75) is 44.4 Å². The van der Waals surface area contributed by atoms with Gasteiger partial charge in [-0.3, -0.25) is 9.69 Å². The van der Waals surface area contributed by atoms with Crippen LogP contribution in [0.3, 0.4) is 0 Å². The predicted octanol–water partition coefficient (Wildman–Crippen LogP) is 1.76. The lowest BCUT2D eigenvalue weighted by molar-refractivity contribution is -0.131. The second kappa shape index (κ2) is 5.98. The van der Waals surface area contributed by atoms with Gasteiger partial charge in [0.2, 0.25) is 0 Å². The fourth-order valence-corrected chi connectivity index (χ4v) is 4.08. The van der Waals surface area contributed by atoms with E-state index in [1.165, 1.54) is 24.8 Å². The molecule has 3 unspecified atom stereocenters. The number of nitrogens with zero attached hydrogens (tertiary/aromatic N) is 2. The summed E-state index contributed by atoms with van der Waals surface area (Å²) < 4.78 is 0. The number of amides is 1. The summed E-state index contributed by atoms with van der Waals surface area (Å²) >= 11 is 0. The van der Waals surface area contributed by atoms with E-state index in [9.17, 15) is 4.79 Å². The van der Waals surface area contributed by atoms with Gasteiger partial charge in [-0.05, 0) is 38.4 Å². The molecule has 2 saturated heterocycles. The van der Waals surface area contributed by atoms with Crippen molar-refractivity contribution in [2.75, 3.05) is 13.1 Å². The summed E-state index contributed by atoms with van der Waals surface area (Å²) in [5.41, 5.74) is 5.65. The van der Waals surface area contributed by atoms with E-state index in [1.807, 2.05) is 13.0 Å². The first-order valence-corrected chi connectivity index (χ1v) is 8.57. The smallest absolute Gasteiger partial charge is 0.264 e. The molecule has 3 atom stereocenters. The summed E-state index contributed by atoms with van der Waals surface area (Å²) in [5.74, 6) is 0.0479. The van der Waals surface area contributed by atoms with Gasteiger partial charge in [0.1, 0.15) is 6.17 Å². The van der Waals surface area contributed by atoms with Gasteiger partial charge in [-0.1, -0.05) is 36.8 Å². The highest BCUT2D eigenvalue weighted by atomic mass is 16.2. The minimum atomic E-state index is -0.00388. The molecule has 0 aromatic heterocycles. The molecule has 0 saturated carbocycles. The van der Waals surface area contributed by atoms with E-state index >= 15 is 0 Å². The monoisotopic (exact) mass is 312 g/mol. The van der Waals surface area contributed by atoms with Crippen LogP contribution in [0.5, 0.6) is 0 Å². The van der Waals surface area contributed by atoms with Gasteiger partial charge >= 0.3 is 0 Å². The molecule has 1 aromatic carbocycles. The van der Waals surface area contributed by atoms with Crippen LogP contribution in [-0.4, -0.2) is 41.1 Å². The van der Waals surface area contributed by atoms with Crippen LogP contribution in [0.15, 0.2) is 42.1 Å². The molecular weight excluding hydrogens is 288 g/mol. The van der Waals surface area contributed by atoms with Crippen molar-refractivity contribution < 1.29 is 4.79 Å². The number of piperidine rings is 1. The van der Waals surface area contributed by atoms with Crippen LogP contribution in [-0.2, 0) is 4.79 Å². The zero-order chi connectivity index (χ0) is 15.8. The number of rotatable bonds is 2. The Hall–Kier alpha value is -1.85. The van der Waals surface area contributed by atoms with E-state index in [-0.39, 0.29) is 24.2 Å². The zero-order valence-electron chi connectivity index (χ0n) is 13.5. The van der Waals surface area contributed by atoms with Gasteiger partial charge < -0.3 is 5.32 Å². The number of allylic oxidation sites excluding steroid dienone is 1. The topological polar surface area (TPSA) is 47.6 Å². The summed E-state index contributed by atoms with van der Waals surface area (Å²) in [7, 11) is 0. The molecule has 5 nitrogen and oxygen atoms in total. The molecule has 0 aliphatic carbocycles. The minimum absolute atomic E-state index is 0.00388. The average molecular weight is 312 g/mol. The number of hydrogen-bond acceptors (Lipinski definition) is 4. The first kappa shape index (κ1) is 14.7. The Morgan fingerprint density at radius 3 is 2.57 bits per heavy atom. The molecule has 3 heterocycles. The second-order valence-corrected chi connectivity index (χ2v) is 6.73. The van der Waals surface area contributed by atoms with Gasteiger partial charge in [0.15, 0.2) is 0 Å². The van der Waals surface area contributed by atoms with E-state index in [0.29, 0.717) is 0 Å². The lowest BCUT2D eigenvalue weighted by Crippen LogP contribution is -2.58. The van der Waals surface area contributed by atoms with Gasteiger partial charge in [-0.2, -0.15) is 0 Å². The van der Waals surface area contributed by atoms with Crippen LogP contribution in [0.25, 0.3) is 0 Å². The van der Waals surface area contributed by atoms with Crippen molar-refractivity contribution in [3.63, 3.8) is 0 Å². The SMILES string of the molecule is CC1=CC(=O)N2NC(c3ccccc3)C(N3CCCCC3)C2N1. The second-order valence-electron chi connectivity index (χ2n) is 6.73. The number of fused-ring (bicyclic) bond motifs is 1. The predicted molar refractivity (Wildman–Crippen MR) is 89.1 cm³/mol. The molecule has 3 aliphatic heterocycles. The zero-order valence-corrected chi connectivity index (χ0v) is 13.5. The molecule has 1 amide bonds. The number of carbonyl (C=O) groups is 1. The largest absolute Gasteiger partial charge is 0.366 e. The Bertz CT molecular complexity index is 609. The highest BCUT2D eigenvalue weighted by Crippen LogP contribution is 2.34. The fraction of sp³-hybridized carbons (Fsp3) is 0.500.